The Balaban J connectivity index is 1.94. The van der Waals surface area contributed by atoms with Crippen molar-refractivity contribution < 1.29 is 22.3 Å². The number of halogens is 1. The van der Waals surface area contributed by atoms with Gasteiger partial charge in [-0.1, -0.05) is 12.1 Å². The van der Waals surface area contributed by atoms with E-state index in [9.17, 15) is 17.6 Å². The second-order valence-corrected chi connectivity index (χ2v) is 8.30. The summed E-state index contributed by atoms with van der Waals surface area (Å²) in [6, 6.07) is 10.5. The molecule has 2 aromatic carbocycles. The maximum absolute atomic E-state index is 14.3. The molecule has 27 heavy (non-hydrogen) atoms. The van der Waals surface area contributed by atoms with Crippen molar-refractivity contribution in [1.82, 2.24) is 4.31 Å². The average molecular weight is 392 g/mol. The molecule has 2 aromatic rings. The summed E-state index contributed by atoms with van der Waals surface area (Å²) in [7, 11) is -2.29. The average Bonchev–Trinajstić information content (AvgIpc) is 2.67. The molecular weight excluding hydrogens is 371 g/mol. The van der Waals surface area contributed by atoms with Crippen LogP contribution in [0.4, 0.5) is 10.1 Å². The molecule has 1 amide bonds. The van der Waals surface area contributed by atoms with E-state index in [4.69, 9.17) is 4.74 Å². The summed E-state index contributed by atoms with van der Waals surface area (Å²) in [5.41, 5.74) is 1.27. The topological polar surface area (TPSA) is 66.9 Å². The van der Waals surface area contributed by atoms with Gasteiger partial charge in [0.15, 0.2) is 0 Å². The SMILES string of the molecule is Cc1cccc(N(C)C(=O)c2cc(S(=O)(=O)N3CCOCC3)ccc2F)c1. The zero-order valence-corrected chi connectivity index (χ0v) is 16.0. The van der Waals surface area contributed by atoms with E-state index in [0.717, 1.165) is 17.7 Å². The zero-order valence-electron chi connectivity index (χ0n) is 15.2. The molecule has 1 aliphatic heterocycles. The van der Waals surface area contributed by atoms with Crippen molar-refractivity contribution in [2.24, 2.45) is 0 Å². The largest absolute Gasteiger partial charge is 0.379 e. The number of hydrogen-bond donors (Lipinski definition) is 0. The van der Waals surface area contributed by atoms with Crippen molar-refractivity contribution in [2.45, 2.75) is 11.8 Å². The molecule has 8 heteroatoms. The van der Waals surface area contributed by atoms with Crippen LogP contribution in [0.25, 0.3) is 0 Å². The minimum Gasteiger partial charge on any atom is -0.379 e. The zero-order chi connectivity index (χ0) is 19.6. The van der Waals surface area contributed by atoms with Gasteiger partial charge in [-0.05, 0) is 42.8 Å². The fraction of sp³-hybridized carbons (Fsp3) is 0.316. The second-order valence-electron chi connectivity index (χ2n) is 6.36. The van der Waals surface area contributed by atoms with Gasteiger partial charge in [0.1, 0.15) is 5.82 Å². The smallest absolute Gasteiger partial charge is 0.261 e. The van der Waals surface area contributed by atoms with E-state index in [1.807, 2.05) is 13.0 Å². The van der Waals surface area contributed by atoms with Crippen LogP contribution < -0.4 is 4.90 Å². The summed E-state index contributed by atoms with van der Waals surface area (Å²) in [6.45, 7) is 2.96. The fourth-order valence-corrected chi connectivity index (χ4v) is 4.33. The van der Waals surface area contributed by atoms with E-state index in [0.29, 0.717) is 18.9 Å². The number of carbonyl (C=O) groups excluding carboxylic acids is 1. The molecule has 1 heterocycles. The van der Waals surface area contributed by atoms with Crippen LogP contribution in [0.1, 0.15) is 15.9 Å². The number of hydrogen-bond acceptors (Lipinski definition) is 4. The molecule has 0 unspecified atom stereocenters. The Bertz CT molecular complexity index is 956. The molecule has 3 rings (SSSR count). The van der Waals surface area contributed by atoms with Crippen LogP contribution in [0.5, 0.6) is 0 Å². The first kappa shape index (κ1) is 19.5. The fourth-order valence-electron chi connectivity index (χ4n) is 2.90. The van der Waals surface area contributed by atoms with Crippen molar-refractivity contribution in [1.29, 1.82) is 0 Å². The maximum atomic E-state index is 14.3. The highest BCUT2D eigenvalue weighted by atomic mass is 32.2. The number of ether oxygens (including phenoxy) is 1. The molecule has 144 valence electrons. The van der Waals surface area contributed by atoms with Gasteiger partial charge < -0.3 is 9.64 Å². The highest BCUT2D eigenvalue weighted by molar-refractivity contribution is 7.89. The molecule has 6 nitrogen and oxygen atoms in total. The molecule has 0 spiro atoms. The van der Waals surface area contributed by atoms with Crippen LogP contribution in [0, 0.1) is 12.7 Å². The molecule has 1 fully saturated rings. The summed E-state index contributed by atoms with van der Waals surface area (Å²) in [6.07, 6.45) is 0. The number of sulfonamides is 1. The summed E-state index contributed by atoms with van der Waals surface area (Å²) >= 11 is 0. The lowest BCUT2D eigenvalue weighted by atomic mass is 10.1. The van der Waals surface area contributed by atoms with E-state index >= 15 is 0 Å². The summed E-state index contributed by atoms with van der Waals surface area (Å²) in [5, 5.41) is 0. The molecule has 0 atom stereocenters. The third-order valence-electron chi connectivity index (χ3n) is 4.47. The van der Waals surface area contributed by atoms with Gasteiger partial charge in [-0.25, -0.2) is 12.8 Å². The van der Waals surface area contributed by atoms with Gasteiger partial charge in [0.2, 0.25) is 10.0 Å². The van der Waals surface area contributed by atoms with E-state index in [2.05, 4.69) is 0 Å². The Morgan fingerprint density at radius 2 is 1.85 bits per heavy atom. The molecule has 0 N–H and O–H groups in total. The number of anilines is 1. The maximum Gasteiger partial charge on any atom is 0.261 e. The van der Waals surface area contributed by atoms with E-state index < -0.39 is 21.7 Å². The van der Waals surface area contributed by atoms with Crippen LogP contribution in [0.3, 0.4) is 0 Å². The van der Waals surface area contributed by atoms with E-state index in [1.165, 1.54) is 22.3 Å². The third-order valence-corrected chi connectivity index (χ3v) is 6.36. The lowest BCUT2D eigenvalue weighted by Crippen LogP contribution is -2.40. The normalized spacial score (nSPS) is 15.5. The molecule has 1 saturated heterocycles. The second kappa shape index (κ2) is 7.75. The number of aryl methyl sites for hydroxylation is 1. The van der Waals surface area contributed by atoms with Gasteiger partial charge in [-0.3, -0.25) is 4.79 Å². The Kier molecular flexibility index (Phi) is 5.59. The van der Waals surface area contributed by atoms with Crippen LogP contribution >= 0.6 is 0 Å². The number of rotatable bonds is 4. The molecule has 0 saturated carbocycles. The van der Waals surface area contributed by atoms with Gasteiger partial charge in [0.05, 0.1) is 23.7 Å². The van der Waals surface area contributed by atoms with Crippen molar-refractivity contribution in [3.8, 4) is 0 Å². The van der Waals surface area contributed by atoms with Crippen molar-refractivity contribution in [3.63, 3.8) is 0 Å². The highest BCUT2D eigenvalue weighted by Crippen LogP contribution is 2.23. The van der Waals surface area contributed by atoms with Crippen LogP contribution in [0.15, 0.2) is 47.4 Å². The van der Waals surface area contributed by atoms with Gasteiger partial charge in [-0.15, -0.1) is 0 Å². The van der Waals surface area contributed by atoms with Gasteiger partial charge in [0, 0.05) is 25.8 Å². The van der Waals surface area contributed by atoms with Crippen molar-refractivity contribution in [2.75, 3.05) is 38.3 Å². The molecule has 0 aromatic heterocycles. The Labute approximate surface area is 158 Å². The minimum absolute atomic E-state index is 0.105. The molecule has 0 bridgehead atoms. The predicted molar refractivity (Wildman–Crippen MR) is 99.9 cm³/mol. The van der Waals surface area contributed by atoms with Crippen molar-refractivity contribution >= 4 is 21.6 Å². The predicted octanol–water partition coefficient (Wildman–Crippen LogP) is 2.43. The number of benzene rings is 2. The van der Waals surface area contributed by atoms with E-state index in [1.54, 1.807) is 18.2 Å². The first-order valence-corrected chi connectivity index (χ1v) is 9.97. The van der Waals surface area contributed by atoms with Gasteiger partial charge in [-0.2, -0.15) is 4.31 Å². The van der Waals surface area contributed by atoms with Crippen LogP contribution in [-0.2, 0) is 14.8 Å². The third kappa shape index (κ3) is 4.02. The highest BCUT2D eigenvalue weighted by Gasteiger charge is 2.28. The van der Waals surface area contributed by atoms with Crippen LogP contribution in [-0.4, -0.2) is 52.0 Å². The Morgan fingerprint density at radius 1 is 1.15 bits per heavy atom. The van der Waals surface area contributed by atoms with Crippen molar-refractivity contribution in [3.05, 3.63) is 59.4 Å². The lowest BCUT2D eigenvalue weighted by Gasteiger charge is -2.26. The molecule has 0 radical (unpaired) electrons. The summed E-state index contributed by atoms with van der Waals surface area (Å²) in [5.74, 6) is -1.38. The summed E-state index contributed by atoms with van der Waals surface area (Å²) < 4.78 is 46.3. The number of carbonyl (C=O) groups is 1. The molecular formula is C19H21FN2O4S. The molecule has 1 aliphatic rings. The summed E-state index contributed by atoms with van der Waals surface area (Å²) in [4.78, 5) is 14.0. The number of amides is 1. The van der Waals surface area contributed by atoms with Gasteiger partial charge >= 0.3 is 0 Å². The lowest BCUT2D eigenvalue weighted by molar-refractivity contribution is 0.0730. The Hall–Kier alpha value is -2.29. The minimum atomic E-state index is -3.82. The Morgan fingerprint density at radius 3 is 2.52 bits per heavy atom. The number of nitrogens with zero attached hydrogens (tertiary/aromatic N) is 2. The first-order valence-electron chi connectivity index (χ1n) is 8.53. The van der Waals surface area contributed by atoms with Crippen LogP contribution in [0.2, 0.25) is 0 Å². The number of morpholine rings is 1. The molecule has 0 aliphatic carbocycles. The first-order chi connectivity index (χ1) is 12.8. The monoisotopic (exact) mass is 392 g/mol. The quantitative estimate of drug-likeness (QED) is 0.802. The van der Waals surface area contributed by atoms with Gasteiger partial charge in [0.25, 0.3) is 5.91 Å². The standard InChI is InChI=1S/C19H21FN2O4S/c1-14-4-3-5-15(12-14)21(2)19(23)17-13-16(6-7-18(17)20)27(24,25)22-8-10-26-11-9-22/h3-7,12-13H,8-11H2,1-2H3. The van der Waals surface area contributed by atoms with E-state index in [-0.39, 0.29) is 23.5 Å².